The molecule has 0 amide bonds. The van der Waals surface area contributed by atoms with Crippen LogP contribution in [0, 0.1) is 0 Å². The Balaban J connectivity index is -0.000000207. The molecule has 0 aliphatic carbocycles. The average Bonchev–Trinajstić information content (AvgIpc) is 2.20. The Kier molecular flexibility index (Phi) is 12.9. The van der Waals surface area contributed by atoms with Gasteiger partial charge in [-0.25, -0.2) is 0 Å². The van der Waals surface area contributed by atoms with Crippen molar-refractivity contribution in [1.82, 2.24) is 0 Å². The van der Waals surface area contributed by atoms with Crippen molar-refractivity contribution >= 4 is 11.9 Å². The van der Waals surface area contributed by atoms with Gasteiger partial charge in [0.05, 0.1) is 6.61 Å². The molecule has 16 heavy (non-hydrogen) atoms. The molecule has 4 N–H and O–H groups in total. The first-order valence-corrected chi connectivity index (χ1v) is 5.15. The number of unbranched alkanes of at least 4 members (excludes halogenated alkanes) is 1. The van der Waals surface area contributed by atoms with Gasteiger partial charge < -0.3 is 20.4 Å². The van der Waals surface area contributed by atoms with Crippen molar-refractivity contribution in [2.75, 3.05) is 13.2 Å². The summed E-state index contributed by atoms with van der Waals surface area (Å²) in [5, 5.41) is 16.2. The SMILES string of the molecule is O.O=C(O)CCCCO.O=C1CCCCO1.[H+]. The number of carboxylic acid groups (broad SMARTS) is 1. The normalized spacial score (nSPS) is 13.9. The van der Waals surface area contributed by atoms with Gasteiger partial charge in [0.25, 0.3) is 0 Å². The van der Waals surface area contributed by atoms with Gasteiger partial charge in [-0.1, -0.05) is 0 Å². The molecular formula is C10H21O6+. The first kappa shape index (κ1) is 17.3. The van der Waals surface area contributed by atoms with Crippen LogP contribution < -0.4 is 0 Å². The maximum atomic E-state index is 10.2. The van der Waals surface area contributed by atoms with E-state index in [0.717, 1.165) is 12.8 Å². The third-order valence-corrected chi connectivity index (χ3v) is 1.84. The number of esters is 1. The Labute approximate surface area is 96.0 Å². The smallest absolute Gasteiger partial charge is 0.481 e. The number of aliphatic hydroxyl groups is 1. The summed E-state index contributed by atoms with van der Waals surface area (Å²) in [5.74, 6) is -0.829. The largest absolute Gasteiger partial charge is 1.00 e. The van der Waals surface area contributed by atoms with Gasteiger partial charge in [0.2, 0.25) is 0 Å². The summed E-state index contributed by atoms with van der Waals surface area (Å²) in [7, 11) is 0. The summed E-state index contributed by atoms with van der Waals surface area (Å²) in [5.41, 5.74) is 0. The van der Waals surface area contributed by atoms with Crippen molar-refractivity contribution in [3.8, 4) is 0 Å². The second-order valence-corrected chi connectivity index (χ2v) is 3.25. The molecule has 0 spiro atoms. The molecule has 1 heterocycles. The van der Waals surface area contributed by atoms with E-state index in [0.29, 0.717) is 25.9 Å². The summed E-state index contributed by atoms with van der Waals surface area (Å²) in [4.78, 5) is 20.0. The van der Waals surface area contributed by atoms with Crippen molar-refractivity contribution in [3.05, 3.63) is 0 Å². The van der Waals surface area contributed by atoms with E-state index in [9.17, 15) is 9.59 Å². The average molecular weight is 237 g/mol. The molecule has 0 atom stereocenters. The van der Waals surface area contributed by atoms with E-state index in [4.69, 9.17) is 10.2 Å². The zero-order valence-corrected chi connectivity index (χ0v) is 9.28. The van der Waals surface area contributed by atoms with Gasteiger partial charge >= 0.3 is 13.4 Å². The van der Waals surface area contributed by atoms with Crippen molar-refractivity contribution in [1.29, 1.82) is 0 Å². The highest BCUT2D eigenvalue weighted by Crippen LogP contribution is 2.04. The zero-order valence-electron chi connectivity index (χ0n) is 10.3. The lowest BCUT2D eigenvalue weighted by atomic mass is 10.2. The molecule has 0 aromatic carbocycles. The number of carbonyl (C=O) groups is 2. The second kappa shape index (κ2) is 11.9. The van der Waals surface area contributed by atoms with E-state index < -0.39 is 5.97 Å². The number of rotatable bonds is 4. The summed E-state index contributed by atoms with van der Waals surface area (Å²) in [6, 6.07) is 0. The lowest BCUT2D eigenvalue weighted by Crippen LogP contribution is -2.10. The number of hydrogen-bond acceptors (Lipinski definition) is 4. The fourth-order valence-corrected chi connectivity index (χ4v) is 1.02. The van der Waals surface area contributed by atoms with E-state index in [1.807, 2.05) is 0 Å². The molecule has 0 saturated carbocycles. The molecule has 1 fully saturated rings. The van der Waals surface area contributed by atoms with Gasteiger partial charge in [0.1, 0.15) is 0 Å². The van der Waals surface area contributed by atoms with Crippen LogP contribution in [-0.4, -0.2) is 40.8 Å². The Morgan fingerprint density at radius 2 is 2.06 bits per heavy atom. The fourth-order valence-electron chi connectivity index (χ4n) is 1.02. The quantitative estimate of drug-likeness (QED) is 0.536. The van der Waals surface area contributed by atoms with Crippen LogP contribution in [0.15, 0.2) is 0 Å². The Morgan fingerprint density at radius 3 is 2.38 bits per heavy atom. The van der Waals surface area contributed by atoms with Crippen molar-refractivity contribution in [3.63, 3.8) is 0 Å². The van der Waals surface area contributed by atoms with E-state index >= 15 is 0 Å². The molecule has 1 rings (SSSR count). The number of aliphatic hydroxyl groups excluding tert-OH is 1. The molecule has 0 bridgehead atoms. The number of carbonyl (C=O) groups excluding carboxylic acids is 1. The van der Waals surface area contributed by atoms with Crippen molar-refractivity contribution in [2.45, 2.75) is 38.5 Å². The molecule has 1 saturated heterocycles. The minimum absolute atomic E-state index is 0. The molecule has 0 radical (unpaired) electrons. The first-order chi connectivity index (χ1) is 7.16. The van der Waals surface area contributed by atoms with E-state index in [1.165, 1.54) is 0 Å². The number of carboxylic acids is 1. The molecule has 0 aromatic heterocycles. The predicted octanol–water partition coefficient (Wildman–Crippen LogP) is 0.235. The van der Waals surface area contributed by atoms with Crippen molar-refractivity contribution < 1.29 is 31.4 Å². The van der Waals surface area contributed by atoms with Crippen LogP contribution >= 0.6 is 0 Å². The molecule has 6 heteroatoms. The second-order valence-electron chi connectivity index (χ2n) is 3.25. The molecule has 96 valence electrons. The van der Waals surface area contributed by atoms with Crippen LogP contribution in [0.2, 0.25) is 0 Å². The Bertz CT molecular complexity index is 189. The minimum atomic E-state index is -0.793. The number of hydrogen-bond donors (Lipinski definition) is 2. The maximum absolute atomic E-state index is 10.2. The van der Waals surface area contributed by atoms with Crippen LogP contribution in [0.1, 0.15) is 40.0 Å². The lowest BCUT2D eigenvalue weighted by molar-refractivity contribution is -0.146. The molecule has 6 nitrogen and oxygen atoms in total. The zero-order chi connectivity index (χ0) is 11.5. The number of cyclic esters (lactones) is 1. The highest BCUT2D eigenvalue weighted by Gasteiger charge is 2.06. The minimum Gasteiger partial charge on any atom is -0.481 e. The monoisotopic (exact) mass is 237 g/mol. The standard InChI is InChI=1S/C5H10O3.C5H8O2.H2O/c6-4-2-1-3-5(7)8;6-5-3-1-2-4-7-5;/h6H,1-4H2,(H,7,8);1-4H2;1H2/p+1. The van der Waals surface area contributed by atoms with Gasteiger partial charge in [-0.15, -0.1) is 0 Å². The summed E-state index contributed by atoms with van der Waals surface area (Å²) in [6.45, 7) is 0.728. The molecule has 1 aliphatic heterocycles. The lowest BCUT2D eigenvalue weighted by Gasteiger charge is -2.08. The Morgan fingerprint density at radius 1 is 1.38 bits per heavy atom. The Hall–Kier alpha value is -1.14. The van der Waals surface area contributed by atoms with E-state index in [-0.39, 0.29) is 25.9 Å². The predicted molar refractivity (Wildman–Crippen MR) is 58.1 cm³/mol. The van der Waals surface area contributed by atoms with Crippen LogP contribution in [0.5, 0.6) is 0 Å². The highest BCUT2D eigenvalue weighted by atomic mass is 16.5. The van der Waals surface area contributed by atoms with Gasteiger partial charge in [0, 0.05) is 19.4 Å². The highest BCUT2D eigenvalue weighted by molar-refractivity contribution is 5.69. The molecular weight excluding hydrogens is 216 g/mol. The summed E-state index contributed by atoms with van der Waals surface area (Å²) < 4.78 is 4.64. The number of ether oxygens (including phenoxy) is 1. The van der Waals surface area contributed by atoms with Crippen LogP contribution in [-0.2, 0) is 14.3 Å². The molecule has 1 aliphatic rings. The molecule has 0 aromatic rings. The third-order valence-electron chi connectivity index (χ3n) is 1.84. The van der Waals surface area contributed by atoms with E-state index in [1.54, 1.807) is 0 Å². The van der Waals surface area contributed by atoms with Gasteiger partial charge in [-0.05, 0) is 25.7 Å². The van der Waals surface area contributed by atoms with Gasteiger partial charge in [-0.2, -0.15) is 0 Å². The van der Waals surface area contributed by atoms with E-state index in [2.05, 4.69) is 4.74 Å². The summed E-state index contributed by atoms with van der Waals surface area (Å²) in [6.07, 6.45) is 4.02. The summed E-state index contributed by atoms with van der Waals surface area (Å²) >= 11 is 0. The first-order valence-electron chi connectivity index (χ1n) is 5.15. The van der Waals surface area contributed by atoms with Crippen molar-refractivity contribution in [2.24, 2.45) is 0 Å². The number of aliphatic carboxylic acids is 1. The van der Waals surface area contributed by atoms with Gasteiger partial charge in [-0.3, -0.25) is 9.59 Å². The topological polar surface area (TPSA) is 115 Å². The maximum Gasteiger partial charge on any atom is 1.00 e. The fraction of sp³-hybridized carbons (Fsp3) is 0.800. The van der Waals surface area contributed by atoms with Crippen LogP contribution in [0.3, 0.4) is 0 Å². The van der Waals surface area contributed by atoms with Crippen LogP contribution in [0.4, 0.5) is 0 Å². The van der Waals surface area contributed by atoms with Gasteiger partial charge in [0.15, 0.2) is 0 Å². The molecule has 0 unspecified atom stereocenters. The van der Waals surface area contributed by atoms with Crippen LogP contribution in [0.25, 0.3) is 0 Å². The third kappa shape index (κ3) is 12.9.